The second kappa shape index (κ2) is 7.74. The molecular formula is C18H22N2O3. The smallest absolute Gasteiger partial charge is 0.407 e. The lowest BCUT2D eigenvalue weighted by Crippen LogP contribution is -2.40. The van der Waals surface area contributed by atoms with Crippen molar-refractivity contribution in [2.45, 2.75) is 26.5 Å². The fraction of sp³-hybridized carbons (Fsp3) is 0.333. The normalized spacial score (nSPS) is 12.5. The molecule has 0 aliphatic carbocycles. The molecule has 1 atom stereocenters. The number of nitrogens with zero attached hydrogens (tertiary/aromatic N) is 1. The molecule has 2 rings (SSSR count). The van der Waals surface area contributed by atoms with Gasteiger partial charge in [-0.3, -0.25) is 4.98 Å². The summed E-state index contributed by atoms with van der Waals surface area (Å²) in [5.74, 6) is 0. The summed E-state index contributed by atoms with van der Waals surface area (Å²) >= 11 is 0. The molecule has 0 saturated carbocycles. The number of ether oxygens (including phenoxy) is 1. The van der Waals surface area contributed by atoms with Crippen LogP contribution in [0.2, 0.25) is 0 Å². The van der Waals surface area contributed by atoms with Crippen molar-refractivity contribution in [2.75, 3.05) is 6.61 Å². The minimum Gasteiger partial charge on any atom is -0.445 e. The van der Waals surface area contributed by atoms with Gasteiger partial charge in [0.05, 0.1) is 12.6 Å². The second-order valence-electron chi connectivity index (χ2n) is 6.07. The Morgan fingerprint density at radius 2 is 2.00 bits per heavy atom. The van der Waals surface area contributed by atoms with Crippen LogP contribution in [0.3, 0.4) is 0 Å². The maximum atomic E-state index is 12.1. The van der Waals surface area contributed by atoms with Crippen molar-refractivity contribution in [1.29, 1.82) is 0 Å². The number of carbonyl (C=O) groups is 1. The summed E-state index contributed by atoms with van der Waals surface area (Å²) in [5.41, 5.74) is 1.19. The van der Waals surface area contributed by atoms with Crippen LogP contribution in [-0.4, -0.2) is 22.8 Å². The molecule has 0 aliphatic rings. The van der Waals surface area contributed by atoms with Crippen molar-refractivity contribution in [3.8, 4) is 0 Å². The van der Waals surface area contributed by atoms with Crippen LogP contribution in [0.1, 0.15) is 31.0 Å². The van der Waals surface area contributed by atoms with E-state index in [4.69, 9.17) is 4.74 Å². The van der Waals surface area contributed by atoms with E-state index >= 15 is 0 Å². The lowest BCUT2D eigenvalue weighted by Gasteiger charge is -2.33. The molecular weight excluding hydrogens is 292 g/mol. The van der Waals surface area contributed by atoms with Crippen LogP contribution in [-0.2, 0) is 11.3 Å². The Labute approximate surface area is 136 Å². The minimum absolute atomic E-state index is 0.0779. The van der Waals surface area contributed by atoms with Gasteiger partial charge in [0, 0.05) is 17.8 Å². The van der Waals surface area contributed by atoms with E-state index in [-0.39, 0.29) is 13.2 Å². The van der Waals surface area contributed by atoms with E-state index in [2.05, 4.69) is 10.3 Å². The van der Waals surface area contributed by atoms with Gasteiger partial charge < -0.3 is 15.2 Å². The zero-order chi connectivity index (χ0) is 16.7. The average Bonchev–Trinajstić information content (AvgIpc) is 2.59. The van der Waals surface area contributed by atoms with Gasteiger partial charge in [0.2, 0.25) is 0 Å². The van der Waals surface area contributed by atoms with E-state index in [1.807, 2.05) is 50.2 Å². The summed E-state index contributed by atoms with van der Waals surface area (Å²) in [4.78, 5) is 16.2. The van der Waals surface area contributed by atoms with E-state index in [1.54, 1.807) is 18.5 Å². The number of amides is 1. The van der Waals surface area contributed by atoms with Crippen molar-refractivity contribution in [3.63, 3.8) is 0 Å². The molecule has 0 bridgehead atoms. The Hall–Kier alpha value is -2.40. The summed E-state index contributed by atoms with van der Waals surface area (Å²) in [6.45, 7) is 3.88. The Morgan fingerprint density at radius 1 is 1.26 bits per heavy atom. The Bertz CT molecular complexity index is 615. The molecule has 2 aromatic rings. The minimum atomic E-state index is -0.547. The molecule has 2 N–H and O–H groups in total. The molecule has 1 heterocycles. The summed E-state index contributed by atoms with van der Waals surface area (Å²) in [6, 6.07) is 12.7. The largest absolute Gasteiger partial charge is 0.445 e. The second-order valence-corrected chi connectivity index (χ2v) is 6.07. The van der Waals surface area contributed by atoms with Crippen LogP contribution in [0.4, 0.5) is 4.79 Å². The number of rotatable bonds is 6. The third-order valence-corrected chi connectivity index (χ3v) is 3.68. The first-order valence-corrected chi connectivity index (χ1v) is 7.51. The highest BCUT2D eigenvalue weighted by molar-refractivity contribution is 5.68. The average molecular weight is 314 g/mol. The third-order valence-electron chi connectivity index (χ3n) is 3.68. The third kappa shape index (κ3) is 4.79. The zero-order valence-corrected chi connectivity index (χ0v) is 13.4. The lowest BCUT2D eigenvalue weighted by molar-refractivity contribution is 0.0950. The fourth-order valence-electron chi connectivity index (χ4n) is 2.25. The maximum absolute atomic E-state index is 12.1. The number of aromatic nitrogens is 1. The number of aliphatic hydroxyl groups is 1. The summed E-state index contributed by atoms with van der Waals surface area (Å²) in [7, 11) is 0. The van der Waals surface area contributed by atoms with Crippen molar-refractivity contribution in [1.82, 2.24) is 10.3 Å². The Morgan fingerprint density at radius 3 is 2.61 bits per heavy atom. The molecule has 1 aromatic heterocycles. The molecule has 5 nitrogen and oxygen atoms in total. The van der Waals surface area contributed by atoms with Crippen molar-refractivity contribution in [3.05, 3.63) is 66.0 Å². The van der Waals surface area contributed by atoms with Crippen LogP contribution < -0.4 is 5.32 Å². The Balaban J connectivity index is 2.04. The number of hydrogen-bond acceptors (Lipinski definition) is 4. The van der Waals surface area contributed by atoms with Gasteiger partial charge in [-0.1, -0.05) is 50.2 Å². The van der Waals surface area contributed by atoms with Gasteiger partial charge in [-0.05, 0) is 17.2 Å². The van der Waals surface area contributed by atoms with Gasteiger partial charge >= 0.3 is 6.09 Å². The van der Waals surface area contributed by atoms with Crippen LogP contribution >= 0.6 is 0 Å². The highest BCUT2D eigenvalue weighted by Gasteiger charge is 2.32. The molecule has 1 unspecified atom stereocenters. The molecule has 1 aromatic carbocycles. The number of aliphatic hydroxyl groups excluding tert-OH is 1. The van der Waals surface area contributed by atoms with Crippen molar-refractivity contribution >= 4 is 6.09 Å². The first-order chi connectivity index (χ1) is 11.0. The molecule has 0 spiro atoms. The van der Waals surface area contributed by atoms with Gasteiger partial charge in [-0.25, -0.2) is 4.79 Å². The molecule has 0 radical (unpaired) electrons. The van der Waals surface area contributed by atoms with Crippen LogP contribution in [0.15, 0.2) is 54.9 Å². The lowest BCUT2D eigenvalue weighted by atomic mass is 9.82. The van der Waals surface area contributed by atoms with E-state index in [0.717, 1.165) is 11.1 Å². The highest BCUT2D eigenvalue weighted by atomic mass is 16.5. The molecule has 122 valence electrons. The molecule has 0 aliphatic heterocycles. The van der Waals surface area contributed by atoms with E-state index in [9.17, 15) is 9.90 Å². The molecule has 1 amide bonds. The van der Waals surface area contributed by atoms with Crippen LogP contribution in [0.25, 0.3) is 0 Å². The standard InChI is InChI=1S/C18H22N2O3/c1-18(2,13-21)16(15-9-6-10-19-11-15)20-17(22)23-12-14-7-4-3-5-8-14/h3-11,16,21H,12-13H2,1-2H3,(H,20,22). The zero-order valence-electron chi connectivity index (χ0n) is 13.4. The molecule has 5 heteroatoms. The first-order valence-electron chi connectivity index (χ1n) is 7.51. The molecule has 0 fully saturated rings. The van der Waals surface area contributed by atoms with Crippen LogP contribution in [0.5, 0.6) is 0 Å². The van der Waals surface area contributed by atoms with Crippen molar-refractivity contribution < 1.29 is 14.6 Å². The number of alkyl carbamates (subject to hydrolysis) is 1. The first kappa shape index (κ1) is 17.0. The quantitative estimate of drug-likeness (QED) is 0.859. The topological polar surface area (TPSA) is 71.5 Å². The number of hydrogen-bond donors (Lipinski definition) is 2. The van der Waals surface area contributed by atoms with E-state index in [0.29, 0.717) is 0 Å². The summed E-state index contributed by atoms with van der Waals surface area (Å²) in [5, 5.41) is 12.5. The number of benzene rings is 1. The van der Waals surface area contributed by atoms with E-state index < -0.39 is 17.6 Å². The van der Waals surface area contributed by atoms with Gasteiger partial charge in [0.25, 0.3) is 0 Å². The predicted molar refractivity (Wildman–Crippen MR) is 87.6 cm³/mol. The van der Waals surface area contributed by atoms with Gasteiger partial charge in [0.15, 0.2) is 0 Å². The Kier molecular flexibility index (Phi) is 5.71. The van der Waals surface area contributed by atoms with E-state index in [1.165, 1.54) is 0 Å². The molecule has 23 heavy (non-hydrogen) atoms. The fourth-order valence-corrected chi connectivity index (χ4v) is 2.25. The monoisotopic (exact) mass is 314 g/mol. The number of carbonyl (C=O) groups excluding carboxylic acids is 1. The molecule has 0 saturated heterocycles. The van der Waals surface area contributed by atoms with Crippen LogP contribution in [0, 0.1) is 5.41 Å². The predicted octanol–water partition coefficient (Wildman–Crippen LogP) is 3.07. The van der Waals surface area contributed by atoms with Gasteiger partial charge in [0.1, 0.15) is 6.61 Å². The SMILES string of the molecule is CC(C)(CO)C(NC(=O)OCc1ccccc1)c1cccnc1. The highest BCUT2D eigenvalue weighted by Crippen LogP contribution is 2.32. The number of nitrogens with one attached hydrogen (secondary N) is 1. The maximum Gasteiger partial charge on any atom is 0.407 e. The number of pyridine rings is 1. The van der Waals surface area contributed by atoms with Gasteiger partial charge in [-0.2, -0.15) is 0 Å². The summed E-state index contributed by atoms with van der Waals surface area (Å²) < 4.78 is 5.27. The van der Waals surface area contributed by atoms with Gasteiger partial charge in [-0.15, -0.1) is 0 Å². The summed E-state index contributed by atoms with van der Waals surface area (Å²) in [6.07, 6.45) is 2.82. The van der Waals surface area contributed by atoms with Crippen molar-refractivity contribution in [2.24, 2.45) is 5.41 Å².